The Bertz CT molecular complexity index is 866. The van der Waals surface area contributed by atoms with Gasteiger partial charge in [-0.15, -0.1) is 11.3 Å². The van der Waals surface area contributed by atoms with Gasteiger partial charge >= 0.3 is 0 Å². The van der Waals surface area contributed by atoms with E-state index < -0.39 is 0 Å². The van der Waals surface area contributed by atoms with E-state index in [1.165, 1.54) is 4.70 Å². The molecule has 108 valence electrons. The van der Waals surface area contributed by atoms with Gasteiger partial charge in [0.1, 0.15) is 5.76 Å². The van der Waals surface area contributed by atoms with Crippen molar-refractivity contribution in [3.05, 3.63) is 66.6 Å². The number of oxazole rings is 1. The number of nitrogens with zero attached hydrogens (tertiary/aromatic N) is 2. The first-order valence-corrected chi connectivity index (χ1v) is 8.67. The second-order valence-electron chi connectivity index (χ2n) is 4.73. The van der Waals surface area contributed by atoms with Gasteiger partial charge in [0.15, 0.2) is 4.34 Å². The maximum atomic E-state index is 5.81. The van der Waals surface area contributed by atoms with Crippen molar-refractivity contribution in [2.75, 3.05) is 0 Å². The summed E-state index contributed by atoms with van der Waals surface area (Å²) in [5.41, 5.74) is 2.05. The molecular weight excluding hydrogens is 312 g/mol. The lowest BCUT2D eigenvalue weighted by Crippen LogP contribution is -1.75. The third-order valence-corrected chi connectivity index (χ3v) is 5.39. The van der Waals surface area contributed by atoms with Gasteiger partial charge in [-0.25, -0.2) is 9.97 Å². The van der Waals surface area contributed by atoms with Crippen LogP contribution in [0, 0.1) is 0 Å². The zero-order chi connectivity index (χ0) is 14.8. The van der Waals surface area contributed by atoms with Crippen LogP contribution in [0.25, 0.3) is 21.7 Å². The van der Waals surface area contributed by atoms with Crippen LogP contribution >= 0.6 is 23.1 Å². The van der Waals surface area contributed by atoms with E-state index in [1.807, 2.05) is 48.5 Å². The second-order valence-corrected chi connectivity index (χ2v) is 6.99. The maximum Gasteiger partial charge on any atom is 0.226 e. The molecule has 0 fully saturated rings. The highest BCUT2D eigenvalue weighted by Crippen LogP contribution is 2.32. The summed E-state index contributed by atoms with van der Waals surface area (Å²) in [4.78, 5) is 8.96. The lowest BCUT2D eigenvalue weighted by Gasteiger charge is -1.95. The third-order valence-electron chi connectivity index (χ3n) is 3.19. The minimum Gasteiger partial charge on any atom is -0.440 e. The van der Waals surface area contributed by atoms with Crippen LogP contribution in [0.3, 0.4) is 0 Å². The maximum absolute atomic E-state index is 5.81. The summed E-state index contributed by atoms with van der Waals surface area (Å²) in [6, 6.07) is 18.1. The van der Waals surface area contributed by atoms with Gasteiger partial charge in [-0.3, -0.25) is 0 Å². The van der Waals surface area contributed by atoms with Gasteiger partial charge in [0.05, 0.1) is 22.2 Å². The second kappa shape index (κ2) is 5.94. The number of benzene rings is 2. The molecule has 2 heterocycles. The van der Waals surface area contributed by atoms with Crippen molar-refractivity contribution in [3.63, 3.8) is 0 Å². The predicted octanol–water partition coefficient (Wildman–Crippen LogP) is 5.24. The molecule has 0 aliphatic heterocycles. The molecule has 0 saturated carbocycles. The Labute approximate surface area is 136 Å². The van der Waals surface area contributed by atoms with Gasteiger partial charge in [-0.1, -0.05) is 42.1 Å². The number of para-hydroxylation sites is 1. The highest BCUT2D eigenvalue weighted by Gasteiger charge is 2.09. The fourth-order valence-corrected chi connectivity index (χ4v) is 4.07. The van der Waals surface area contributed by atoms with Crippen molar-refractivity contribution >= 4 is 33.3 Å². The zero-order valence-electron chi connectivity index (χ0n) is 11.6. The van der Waals surface area contributed by atoms with Crippen LogP contribution in [0.1, 0.15) is 5.76 Å². The minimum atomic E-state index is 0.667. The molecule has 0 radical (unpaired) electrons. The third kappa shape index (κ3) is 2.77. The molecule has 3 nitrogen and oxygen atoms in total. The van der Waals surface area contributed by atoms with Crippen LogP contribution in [0.5, 0.6) is 0 Å². The van der Waals surface area contributed by atoms with Crippen LogP contribution in [0.2, 0.25) is 0 Å². The van der Waals surface area contributed by atoms with E-state index >= 15 is 0 Å². The van der Waals surface area contributed by atoms with Crippen molar-refractivity contribution in [2.45, 2.75) is 10.1 Å². The van der Waals surface area contributed by atoms with Gasteiger partial charge in [-0.05, 0) is 24.3 Å². The molecule has 0 aliphatic rings. The number of rotatable bonds is 4. The Hall–Kier alpha value is -2.11. The molecule has 2 aromatic carbocycles. The van der Waals surface area contributed by atoms with Crippen LogP contribution < -0.4 is 0 Å². The van der Waals surface area contributed by atoms with Crippen molar-refractivity contribution in [2.24, 2.45) is 0 Å². The van der Waals surface area contributed by atoms with E-state index in [1.54, 1.807) is 29.3 Å². The summed E-state index contributed by atoms with van der Waals surface area (Å²) in [6.07, 6.45) is 1.79. The Morgan fingerprint density at radius 3 is 2.68 bits per heavy atom. The van der Waals surface area contributed by atoms with Gasteiger partial charge < -0.3 is 4.42 Å². The molecule has 0 N–H and O–H groups in total. The van der Waals surface area contributed by atoms with E-state index in [-0.39, 0.29) is 0 Å². The SMILES string of the molecule is c1ccc(-c2ncc(CSc3nc4ccccc4s3)o2)cc1. The normalized spacial score (nSPS) is 11.1. The average molecular weight is 324 g/mol. The molecule has 22 heavy (non-hydrogen) atoms. The number of hydrogen-bond acceptors (Lipinski definition) is 5. The molecule has 0 bridgehead atoms. The van der Waals surface area contributed by atoms with Gasteiger partial charge in [0.25, 0.3) is 0 Å². The summed E-state index contributed by atoms with van der Waals surface area (Å²) in [7, 11) is 0. The van der Waals surface area contributed by atoms with Crippen LogP contribution in [-0.2, 0) is 5.75 Å². The van der Waals surface area contributed by atoms with Gasteiger partial charge in [-0.2, -0.15) is 0 Å². The largest absolute Gasteiger partial charge is 0.440 e. The predicted molar refractivity (Wildman–Crippen MR) is 91.1 cm³/mol. The standard InChI is InChI=1S/C17H12N2OS2/c1-2-6-12(7-3-1)16-18-10-13(20-16)11-21-17-19-14-8-4-5-9-15(14)22-17/h1-10H,11H2. The molecule has 2 aromatic heterocycles. The fraction of sp³-hybridized carbons (Fsp3) is 0.0588. The van der Waals surface area contributed by atoms with E-state index in [0.717, 1.165) is 26.9 Å². The Morgan fingerprint density at radius 1 is 1.00 bits per heavy atom. The molecule has 0 spiro atoms. The highest BCUT2D eigenvalue weighted by molar-refractivity contribution is 8.00. The molecule has 4 rings (SSSR count). The van der Waals surface area contributed by atoms with E-state index in [9.17, 15) is 0 Å². The topological polar surface area (TPSA) is 38.9 Å². The molecule has 5 heteroatoms. The summed E-state index contributed by atoms with van der Waals surface area (Å²) in [5.74, 6) is 2.27. The smallest absolute Gasteiger partial charge is 0.226 e. The lowest BCUT2D eigenvalue weighted by atomic mass is 10.2. The van der Waals surface area contributed by atoms with Crippen LogP contribution in [0.15, 0.2) is 69.6 Å². The summed E-state index contributed by atoms with van der Waals surface area (Å²) < 4.78 is 8.08. The number of hydrogen-bond donors (Lipinski definition) is 0. The summed E-state index contributed by atoms with van der Waals surface area (Å²) >= 11 is 3.39. The highest BCUT2D eigenvalue weighted by atomic mass is 32.2. The zero-order valence-corrected chi connectivity index (χ0v) is 13.2. The van der Waals surface area contributed by atoms with Crippen molar-refractivity contribution in [1.82, 2.24) is 9.97 Å². The molecular formula is C17H12N2OS2. The molecule has 0 amide bonds. The Balaban J connectivity index is 1.49. The van der Waals surface area contributed by atoms with Gasteiger partial charge in [0.2, 0.25) is 5.89 Å². The van der Waals surface area contributed by atoms with Crippen LogP contribution in [-0.4, -0.2) is 9.97 Å². The summed E-state index contributed by atoms with van der Waals surface area (Å²) in [5, 5.41) is 0. The van der Waals surface area contributed by atoms with E-state index in [0.29, 0.717) is 5.89 Å². The molecule has 0 atom stereocenters. The number of thiazole rings is 1. The number of thioether (sulfide) groups is 1. The molecule has 0 unspecified atom stereocenters. The first kappa shape index (κ1) is 13.5. The van der Waals surface area contributed by atoms with Gasteiger partial charge in [0, 0.05) is 5.56 Å². The minimum absolute atomic E-state index is 0.667. The quantitative estimate of drug-likeness (QED) is 0.481. The number of fused-ring (bicyclic) bond motifs is 1. The fourth-order valence-electron chi connectivity index (χ4n) is 2.13. The van der Waals surface area contributed by atoms with Crippen molar-refractivity contribution in [1.29, 1.82) is 0 Å². The van der Waals surface area contributed by atoms with Crippen molar-refractivity contribution in [3.8, 4) is 11.5 Å². The Morgan fingerprint density at radius 2 is 1.82 bits per heavy atom. The molecule has 4 aromatic rings. The molecule has 0 saturated heterocycles. The first-order chi connectivity index (χ1) is 10.9. The average Bonchev–Trinajstić information content (AvgIpc) is 3.20. The van der Waals surface area contributed by atoms with Crippen LogP contribution in [0.4, 0.5) is 0 Å². The number of aromatic nitrogens is 2. The Kier molecular flexibility index (Phi) is 3.66. The van der Waals surface area contributed by atoms with E-state index in [2.05, 4.69) is 16.0 Å². The monoisotopic (exact) mass is 324 g/mol. The first-order valence-electron chi connectivity index (χ1n) is 6.87. The van der Waals surface area contributed by atoms with Crippen molar-refractivity contribution < 1.29 is 4.42 Å². The van der Waals surface area contributed by atoms with E-state index in [4.69, 9.17) is 4.42 Å². The lowest BCUT2D eigenvalue weighted by molar-refractivity contribution is 0.538. The summed E-state index contributed by atoms with van der Waals surface area (Å²) in [6.45, 7) is 0. The molecule has 0 aliphatic carbocycles.